The van der Waals surface area contributed by atoms with Crippen LogP contribution in [0.4, 0.5) is 11.5 Å². The number of nitrogens with zero attached hydrogens (tertiary/aromatic N) is 2. The fourth-order valence-corrected chi connectivity index (χ4v) is 2.47. The van der Waals surface area contributed by atoms with Crippen molar-refractivity contribution in [3.05, 3.63) is 42.6 Å². The molecular formula is C12H12N4O3S. The van der Waals surface area contributed by atoms with Gasteiger partial charge in [0.25, 0.3) is 10.0 Å². The van der Waals surface area contributed by atoms with Crippen LogP contribution in [0.3, 0.4) is 0 Å². The Morgan fingerprint density at radius 3 is 2.40 bits per heavy atom. The van der Waals surface area contributed by atoms with Gasteiger partial charge in [-0.2, -0.15) is 5.10 Å². The lowest BCUT2D eigenvalue weighted by Crippen LogP contribution is -2.14. The van der Waals surface area contributed by atoms with Crippen LogP contribution in [0.1, 0.15) is 6.92 Å². The fraction of sp³-hybridized carbons (Fsp3) is 0.0833. The molecule has 0 radical (unpaired) electrons. The largest absolute Gasteiger partial charge is 0.326 e. The monoisotopic (exact) mass is 292 g/mol. The van der Waals surface area contributed by atoms with E-state index in [2.05, 4.69) is 20.2 Å². The number of aromatic nitrogens is 2. The molecule has 0 unspecified atom stereocenters. The second-order valence-corrected chi connectivity index (χ2v) is 5.60. The minimum atomic E-state index is -3.72. The van der Waals surface area contributed by atoms with Crippen molar-refractivity contribution in [1.82, 2.24) is 10.2 Å². The molecule has 0 atom stereocenters. The van der Waals surface area contributed by atoms with Gasteiger partial charge in [-0.1, -0.05) is 0 Å². The Balaban J connectivity index is 2.19. The molecule has 7 nitrogen and oxygen atoms in total. The maximum absolute atomic E-state index is 12.1. The summed E-state index contributed by atoms with van der Waals surface area (Å²) in [6, 6.07) is 8.87. The molecule has 8 heteroatoms. The molecule has 0 saturated carbocycles. The minimum Gasteiger partial charge on any atom is -0.326 e. The third-order valence-electron chi connectivity index (χ3n) is 2.30. The van der Waals surface area contributed by atoms with Crippen LogP contribution in [0.5, 0.6) is 0 Å². The number of amides is 1. The Labute approximate surface area is 116 Å². The molecule has 0 fully saturated rings. The Morgan fingerprint density at radius 1 is 1.15 bits per heavy atom. The van der Waals surface area contributed by atoms with Gasteiger partial charge in [0.1, 0.15) is 0 Å². The van der Waals surface area contributed by atoms with Gasteiger partial charge in [0.2, 0.25) is 5.91 Å². The summed E-state index contributed by atoms with van der Waals surface area (Å²) in [5.41, 5.74) is 0.524. The maximum atomic E-state index is 12.1. The van der Waals surface area contributed by atoms with E-state index < -0.39 is 10.0 Å². The lowest BCUT2D eigenvalue weighted by atomic mass is 10.3. The zero-order valence-corrected chi connectivity index (χ0v) is 11.4. The first-order valence-electron chi connectivity index (χ1n) is 5.65. The van der Waals surface area contributed by atoms with Crippen molar-refractivity contribution in [2.75, 3.05) is 10.0 Å². The van der Waals surface area contributed by atoms with E-state index in [1.54, 1.807) is 6.07 Å². The number of rotatable bonds is 4. The molecule has 1 aromatic heterocycles. The van der Waals surface area contributed by atoms with E-state index >= 15 is 0 Å². The van der Waals surface area contributed by atoms with Crippen LogP contribution in [0.25, 0.3) is 0 Å². The van der Waals surface area contributed by atoms with Crippen molar-refractivity contribution < 1.29 is 13.2 Å². The van der Waals surface area contributed by atoms with E-state index in [0.29, 0.717) is 5.69 Å². The van der Waals surface area contributed by atoms with Gasteiger partial charge in [0, 0.05) is 18.8 Å². The summed E-state index contributed by atoms with van der Waals surface area (Å²) in [5, 5.41) is 9.79. The highest BCUT2D eigenvalue weighted by Gasteiger charge is 2.14. The quantitative estimate of drug-likeness (QED) is 0.882. The third kappa shape index (κ3) is 3.51. The molecule has 1 amide bonds. The van der Waals surface area contributed by atoms with Crippen LogP contribution in [0, 0.1) is 0 Å². The first kappa shape index (κ1) is 13.9. The number of carbonyl (C=O) groups excluding carboxylic acids is 1. The lowest BCUT2D eigenvalue weighted by Gasteiger charge is -2.07. The Kier molecular flexibility index (Phi) is 3.94. The zero-order valence-electron chi connectivity index (χ0n) is 10.6. The van der Waals surface area contributed by atoms with Gasteiger partial charge >= 0.3 is 0 Å². The van der Waals surface area contributed by atoms with Crippen molar-refractivity contribution in [3.8, 4) is 0 Å². The van der Waals surface area contributed by atoms with Crippen molar-refractivity contribution in [3.63, 3.8) is 0 Å². The van der Waals surface area contributed by atoms with Gasteiger partial charge < -0.3 is 5.32 Å². The fourth-order valence-electron chi connectivity index (χ4n) is 1.47. The Hall–Kier alpha value is -2.48. The smallest absolute Gasteiger partial charge is 0.263 e. The van der Waals surface area contributed by atoms with Gasteiger partial charge in [0.15, 0.2) is 5.82 Å². The standard InChI is InChI=1S/C12H12N4O3S/c1-9(17)14-10-4-6-11(7-5-10)20(18,19)16-12-3-2-8-13-15-12/h2-8H,1H3,(H,14,17)(H,15,16). The van der Waals surface area contributed by atoms with E-state index in [9.17, 15) is 13.2 Å². The van der Waals surface area contributed by atoms with Gasteiger partial charge in [-0.25, -0.2) is 8.42 Å². The molecule has 1 aromatic carbocycles. The number of sulfonamides is 1. The van der Waals surface area contributed by atoms with Crippen molar-refractivity contribution >= 4 is 27.4 Å². The normalized spacial score (nSPS) is 10.8. The first-order valence-corrected chi connectivity index (χ1v) is 7.14. The van der Waals surface area contributed by atoms with Crippen LogP contribution in [0.15, 0.2) is 47.5 Å². The molecule has 0 aliphatic heterocycles. The highest BCUT2D eigenvalue weighted by atomic mass is 32.2. The average molecular weight is 292 g/mol. The number of anilines is 2. The summed E-state index contributed by atoms with van der Waals surface area (Å²) in [4.78, 5) is 10.9. The summed E-state index contributed by atoms with van der Waals surface area (Å²) < 4.78 is 26.4. The van der Waals surface area contributed by atoms with E-state index in [4.69, 9.17) is 0 Å². The van der Waals surface area contributed by atoms with E-state index in [-0.39, 0.29) is 16.6 Å². The molecule has 2 rings (SSSR count). The molecule has 0 spiro atoms. The highest BCUT2D eigenvalue weighted by Crippen LogP contribution is 2.16. The minimum absolute atomic E-state index is 0.0669. The van der Waals surface area contributed by atoms with Crippen molar-refractivity contribution in [2.45, 2.75) is 11.8 Å². The van der Waals surface area contributed by atoms with Gasteiger partial charge in [-0.05, 0) is 36.4 Å². The lowest BCUT2D eigenvalue weighted by molar-refractivity contribution is -0.114. The summed E-state index contributed by atoms with van der Waals surface area (Å²) in [5.74, 6) is -0.0864. The second-order valence-electron chi connectivity index (χ2n) is 3.92. The van der Waals surface area contributed by atoms with Gasteiger partial charge in [0.05, 0.1) is 4.90 Å². The Bertz CT molecular complexity index is 699. The van der Waals surface area contributed by atoms with E-state index in [1.165, 1.54) is 43.5 Å². The number of carbonyl (C=O) groups is 1. The first-order chi connectivity index (χ1) is 9.47. The molecule has 104 valence electrons. The molecule has 0 bridgehead atoms. The maximum Gasteiger partial charge on any atom is 0.263 e. The SMILES string of the molecule is CC(=O)Nc1ccc(S(=O)(=O)Nc2cccnn2)cc1. The van der Waals surface area contributed by atoms with Crippen LogP contribution < -0.4 is 10.0 Å². The Morgan fingerprint density at radius 2 is 1.85 bits per heavy atom. The summed E-state index contributed by atoms with van der Waals surface area (Å²) in [6.45, 7) is 1.38. The molecule has 2 N–H and O–H groups in total. The highest BCUT2D eigenvalue weighted by molar-refractivity contribution is 7.92. The van der Waals surface area contributed by atoms with E-state index in [1.807, 2.05) is 0 Å². The molecule has 0 aliphatic carbocycles. The predicted molar refractivity (Wildman–Crippen MR) is 73.6 cm³/mol. The molecule has 2 aromatic rings. The zero-order chi connectivity index (χ0) is 14.6. The second kappa shape index (κ2) is 5.66. The molecule has 1 heterocycles. The molecule has 0 saturated heterocycles. The van der Waals surface area contributed by atoms with Crippen LogP contribution in [0.2, 0.25) is 0 Å². The van der Waals surface area contributed by atoms with Gasteiger partial charge in [-0.3, -0.25) is 9.52 Å². The molecule has 20 heavy (non-hydrogen) atoms. The summed E-state index contributed by atoms with van der Waals surface area (Å²) >= 11 is 0. The van der Waals surface area contributed by atoms with Crippen LogP contribution in [-0.2, 0) is 14.8 Å². The summed E-state index contributed by atoms with van der Waals surface area (Å²) in [6.07, 6.45) is 1.44. The molecular weight excluding hydrogens is 280 g/mol. The van der Waals surface area contributed by atoms with E-state index in [0.717, 1.165) is 0 Å². The number of nitrogens with one attached hydrogen (secondary N) is 2. The van der Waals surface area contributed by atoms with Crippen molar-refractivity contribution in [1.29, 1.82) is 0 Å². The van der Waals surface area contributed by atoms with Gasteiger partial charge in [-0.15, -0.1) is 5.10 Å². The third-order valence-corrected chi connectivity index (χ3v) is 3.67. The van der Waals surface area contributed by atoms with Crippen LogP contribution >= 0.6 is 0 Å². The number of hydrogen-bond donors (Lipinski definition) is 2. The topological polar surface area (TPSA) is 101 Å². The number of hydrogen-bond acceptors (Lipinski definition) is 5. The molecule has 0 aliphatic rings. The number of benzene rings is 1. The summed E-state index contributed by atoms with van der Waals surface area (Å²) in [7, 11) is -3.72. The van der Waals surface area contributed by atoms with Crippen molar-refractivity contribution in [2.24, 2.45) is 0 Å². The van der Waals surface area contributed by atoms with Crippen LogP contribution in [-0.4, -0.2) is 24.5 Å². The average Bonchev–Trinajstić information content (AvgIpc) is 2.39. The predicted octanol–water partition coefficient (Wildman–Crippen LogP) is 1.24.